The van der Waals surface area contributed by atoms with Crippen LogP contribution in [-0.2, 0) is 9.53 Å². The van der Waals surface area contributed by atoms with E-state index in [1.807, 2.05) is 20.8 Å². The molecular weight excluding hydrogens is 388 g/mol. The van der Waals surface area contributed by atoms with Gasteiger partial charge in [0.05, 0.1) is 6.61 Å². The number of benzene rings is 1. The summed E-state index contributed by atoms with van der Waals surface area (Å²) in [5.74, 6) is -0.519. The molecule has 0 saturated carbocycles. The summed E-state index contributed by atoms with van der Waals surface area (Å²) in [7, 11) is 1.59. The second kappa shape index (κ2) is 11.7. The molecule has 0 spiro atoms. The Kier molecular flexibility index (Phi) is 10.1. The lowest BCUT2D eigenvalue weighted by atomic mass is 10.0. The van der Waals surface area contributed by atoms with E-state index in [1.54, 1.807) is 31.4 Å². The van der Waals surface area contributed by atoms with Crippen LogP contribution in [0.3, 0.4) is 0 Å². The van der Waals surface area contributed by atoms with Gasteiger partial charge in [0, 0.05) is 23.7 Å². The number of halogens is 1. The lowest BCUT2D eigenvalue weighted by Crippen LogP contribution is -2.55. The van der Waals surface area contributed by atoms with Gasteiger partial charge in [-0.25, -0.2) is 0 Å². The molecular formula is C18H27ClN4O3S. The quantitative estimate of drug-likeness (QED) is 0.384. The van der Waals surface area contributed by atoms with Crippen LogP contribution in [0.25, 0.3) is 0 Å². The third kappa shape index (κ3) is 9.03. The minimum Gasteiger partial charge on any atom is -0.383 e. The fourth-order valence-electron chi connectivity index (χ4n) is 2.30. The Bertz CT molecular complexity index is 640. The molecule has 2 atom stereocenters. The van der Waals surface area contributed by atoms with Crippen LogP contribution in [0, 0.1) is 5.92 Å². The van der Waals surface area contributed by atoms with Crippen LogP contribution in [-0.4, -0.2) is 42.7 Å². The Balaban J connectivity index is 2.64. The number of methoxy groups -OCH3 is 1. The van der Waals surface area contributed by atoms with Crippen molar-refractivity contribution in [2.24, 2.45) is 5.92 Å². The van der Waals surface area contributed by atoms with Gasteiger partial charge in [0.2, 0.25) is 0 Å². The molecule has 9 heteroatoms. The average Bonchev–Trinajstić information content (AvgIpc) is 2.59. The molecule has 150 valence electrons. The molecule has 1 aromatic rings. The number of hydrogen-bond donors (Lipinski definition) is 4. The van der Waals surface area contributed by atoms with E-state index in [0.717, 1.165) is 0 Å². The molecule has 0 aliphatic rings. The molecule has 2 amide bonds. The van der Waals surface area contributed by atoms with Gasteiger partial charge < -0.3 is 15.4 Å². The Morgan fingerprint density at radius 3 is 2.30 bits per heavy atom. The van der Waals surface area contributed by atoms with Crippen LogP contribution in [0.2, 0.25) is 5.02 Å². The third-order valence-corrected chi connectivity index (χ3v) is 4.00. The molecule has 0 saturated heterocycles. The van der Waals surface area contributed by atoms with Gasteiger partial charge in [-0.1, -0.05) is 25.4 Å². The maximum Gasteiger partial charge on any atom is 0.260 e. The first-order valence-corrected chi connectivity index (χ1v) is 9.43. The van der Waals surface area contributed by atoms with E-state index in [4.69, 9.17) is 28.6 Å². The maximum absolute atomic E-state index is 12.5. The fraction of sp³-hybridized carbons (Fsp3) is 0.500. The largest absolute Gasteiger partial charge is 0.383 e. The topological polar surface area (TPSA) is 91.5 Å². The van der Waals surface area contributed by atoms with Crippen molar-refractivity contribution in [1.29, 1.82) is 0 Å². The lowest BCUT2D eigenvalue weighted by molar-refractivity contribution is -0.123. The highest BCUT2D eigenvalue weighted by atomic mass is 35.5. The Morgan fingerprint density at radius 2 is 1.74 bits per heavy atom. The number of carbonyl (C=O) groups excluding carboxylic acids is 2. The zero-order valence-corrected chi connectivity index (χ0v) is 17.5. The maximum atomic E-state index is 12.5. The molecule has 0 bridgehead atoms. The fourth-order valence-corrected chi connectivity index (χ4v) is 2.68. The van der Waals surface area contributed by atoms with E-state index in [1.165, 1.54) is 0 Å². The van der Waals surface area contributed by atoms with Crippen molar-refractivity contribution < 1.29 is 14.3 Å². The number of thiocarbonyl (C=S) groups is 1. The minimum atomic E-state index is -0.708. The molecule has 0 aliphatic carbocycles. The number of nitrogens with one attached hydrogen (secondary N) is 4. The summed E-state index contributed by atoms with van der Waals surface area (Å²) in [6, 6.07) is 5.75. The van der Waals surface area contributed by atoms with Gasteiger partial charge in [0.25, 0.3) is 11.8 Å². The minimum absolute atomic E-state index is 0.0111. The van der Waals surface area contributed by atoms with Gasteiger partial charge in [-0.3, -0.25) is 20.4 Å². The van der Waals surface area contributed by atoms with Crippen molar-refractivity contribution >= 4 is 40.7 Å². The smallest absolute Gasteiger partial charge is 0.260 e. The molecule has 0 aliphatic heterocycles. The van der Waals surface area contributed by atoms with Gasteiger partial charge >= 0.3 is 0 Å². The summed E-state index contributed by atoms with van der Waals surface area (Å²) < 4.78 is 5.01. The number of ether oxygens (including phenoxy) is 1. The van der Waals surface area contributed by atoms with E-state index in [0.29, 0.717) is 23.6 Å². The molecule has 1 aromatic carbocycles. The summed E-state index contributed by atoms with van der Waals surface area (Å²) in [6.07, 6.45) is 0.479. The molecule has 1 rings (SSSR count). The summed E-state index contributed by atoms with van der Waals surface area (Å²) in [6.45, 7) is 6.32. The second-order valence-electron chi connectivity index (χ2n) is 6.61. The highest BCUT2D eigenvalue weighted by molar-refractivity contribution is 7.80. The predicted molar refractivity (Wildman–Crippen MR) is 111 cm³/mol. The number of hydrazine groups is 1. The van der Waals surface area contributed by atoms with Crippen molar-refractivity contribution in [3.63, 3.8) is 0 Å². The van der Waals surface area contributed by atoms with Gasteiger partial charge in [0.15, 0.2) is 5.11 Å². The van der Waals surface area contributed by atoms with E-state index >= 15 is 0 Å². The van der Waals surface area contributed by atoms with Crippen LogP contribution in [0.1, 0.15) is 37.6 Å². The molecule has 7 nitrogen and oxygen atoms in total. The summed E-state index contributed by atoms with van der Waals surface area (Å²) in [5, 5.41) is 6.52. The van der Waals surface area contributed by atoms with Crippen molar-refractivity contribution in [3.8, 4) is 0 Å². The molecule has 0 fully saturated rings. The number of rotatable bonds is 8. The van der Waals surface area contributed by atoms with Crippen LogP contribution in [0.15, 0.2) is 24.3 Å². The first kappa shape index (κ1) is 23.1. The number of amides is 2. The SMILES string of the molecule is COC[C@H](C)NC(=S)NNC(=O)[C@H](CC(C)C)NC(=O)c1ccc(Cl)cc1. The van der Waals surface area contributed by atoms with Crippen LogP contribution in [0.5, 0.6) is 0 Å². The molecule has 0 unspecified atom stereocenters. The Labute approximate surface area is 170 Å². The summed E-state index contributed by atoms with van der Waals surface area (Å²) in [4.78, 5) is 24.9. The monoisotopic (exact) mass is 414 g/mol. The second-order valence-corrected chi connectivity index (χ2v) is 7.45. The molecule has 4 N–H and O–H groups in total. The van der Waals surface area contributed by atoms with Crippen LogP contribution in [0.4, 0.5) is 0 Å². The van der Waals surface area contributed by atoms with Crippen molar-refractivity contribution in [1.82, 2.24) is 21.5 Å². The first-order chi connectivity index (χ1) is 12.7. The van der Waals surface area contributed by atoms with Crippen molar-refractivity contribution in [2.75, 3.05) is 13.7 Å². The summed E-state index contributed by atoms with van der Waals surface area (Å²) in [5.41, 5.74) is 5.60. The van der Waals surface area contributed by atoms with Crippen molar-refractivity contribution in [2.45, 2.75) is 39.3 Å². The number of carbonyl (C=O) groups is 2. The Morgan fingerprint density at radius 1 is 1.11 bits per heavy atom. The molecule has 27 heavy (non-hydrogen) atoms. The van der Waals surface area contributed by atoms with Gasteiger partial charge in [-0.15, -0.1) is 0 Å². The van der Waals surface area contributed by atoms with Crippen LogP contribution < -0.4 is 21.5 Å². The van der Waals surface area contributed by atoms with E-state index < -0.39 is 6.04 Å². The zero-order valence-electron chi connectivity index (χ0n) is 16.0. The Hall–Kier alpha value is -1.90. The highest BCUT2D eigenvalue weighted by Gasteiger charge is 2.22. The summed E-state index contributed by atoms with van der Waals surface area (Å²) >= 11 is 11.0. The van der Waals surface area contributed by atoms with Gasteiger partial charge in [-0.2, -0.15) is 0 Å². The number of hydrogen-bond acceptors (Lipinski definition) is 4. The molecule has 0 radical (unpaired) electrons. The van der Waals surface area contributed by atoms with Gasteiger partial charge in [-0.05, 0) is 55.7 Å². The van der Waals surface area contributed by atoms with Crippen molar-refractivity contribution in [3.05, 3.63) is 34.9 Å². The normalized spacial score (nSPS) is 12.8. The van der Waals surface area contributed by atoms with E-state index in [-0.39, 0.29) is 28.9 Å². The molecule has 0 heterocycles. The molecule has 0 aromatic heterocycles. The highest BCUT2D eigenvalue weighted by Crippen LogP contribution is 2.11. The van der Waals surface area contributed by atoms with Crippen LogP contribution >= 0.6 is 23.8 Å². The lowest BCUT2D eigenvalue weighted by Gasteiger charge is -2.22. The predicted octanol–water partition coefficient (Wildman–Crippen LogP) is 2.01. The standard InChI is InChI=1S/C18H27ClN4O3S/c1-11(2)9-15(21-16(24)13-5-7-14(19)8-6-13)17(25)22-23-18(27)20-12(3)10-26-4/h5-8,11-12,15H,9-10H2,1-4H3,(H,21,24)(H,22,25)(H2,20,23,27)/t12-,15-/m0/s1. The van der Waals surface area contributed by atoms with Gasteiger partial charge in [0.1, 0.15) is 6.04 Å². The van der Waals surface area contributed by atoms with E-state index in [2.05, 4.69) is 21.5 Å². The van der Waals surface area contributed by atoms with E-state index in [9.17, 15) is 9.59 Å². The average molecular weight is 415 g/mol. The third-order valence-electron chi connectivity index (χ3n) is 3.53. The first-order valence-electron chi connectivity index (χ1n) is 8.64. The zero-order chi connectivity index (χ0) is 20.4.